The van der Waals surface area contributed by atoms with Gasteiger partial charge in [-0.15, -0.1) is 10.2 Å². The molecule has 2 aromatic rings. The predicted molar refractivity (Wildman–Crippen MR) is 106 cm³/mol. The van der Waals surface area contributed by atoms with Gasteiger partial charge in [0.05, 0.1) is 5.75 Å². The summed E-state index contributed by atoms with van der Waals surface area (Å²) in [5, 5.41) is 12.2. The van der Waals surface area contributed by atoms with Gasteiger partial charge in [-0.05, 0) is 37.3 Å². The molecule has 2 amide bonds. The number of aryl methyl sites for hydroxylation is 2. The highest BCUT2D eigenvalue weighted by atomic mass is 32.2. The predicted octanol–water partition coefficient (Wildman–Crippen LogP) is 2.63. The molecule has 7 nitrogen and oxygen atoms in total. The lowest BCUT2D eigenvalue weighted by Crippen LogP contribution is -2.18. The van der Waals surface area contributed by atoms with E-state index in [4.69, 9.17) is 5.73 Å². The zero-order valence-electron chi connectivity index (χ0n) is 15.7. The highest BCUT2D eigenvalue weighted by Crippen LogP contribution is 2.40. The quantitative estimate of drug-likeness (QED) is 0.644. The Bertz CT molecular complexity index is 845. The van der Waals surface area contributed by atoms with E-state index >= 15 is 0 Å². The molecule has 3 rings (SSSR count). The Balaban J connectivity index is 1.66. The molecule has 1 aliphatic rings. The summed E-state index contributed by atoms with van der Waals surface area (Å²) in [6.07, 6.45) is 3.27. The number of thioether (sulfide) groups is 1. The van der Waals surface area contributed by atoms with Gasteiger partial charge >= 0.3 is 0 Å². The van der Waals surface area contributed by atoms with Crippen LogP contribution >= 0.6 is 11.8 Å². The number of primary amides is 1. The van der Waals surface area contributed by atoms with Crippen molar-refractivity contribution in [1.82, 2.24) is 14.8 Å². The molecule has 8 heteroatoms. The highest BCUT2D eigenvalue weighted by Gasteiger charge is 2.30. The van der Waals surface area contributed by atoms with E-state index in [1.54, 1.807) is 0 Å². The lowest BCUT2D eigenvalue weighted by molar-refractivity contribution is -0.118. The molecule has 0 radical (unpaired) electrons. The number of hydrogen-bond acceptors (Lipinski definition) is 5. The second kappa shape index (κ2) is 8.56. The maximum Gasteiger partial charge on any atom is 0.234 e. The van der Waals surface area contributed by atoms with E-state index < -0.39 is 0 Å². The first-order valence-electron chi connectivity index (χ1n) is 9.22. The molecule has 0 bridgehead atoms. The average molecular weight is 388 g/mol. The molecule has 0 atom stereocenters. The number of nitrogens with zero attached hydrogens (tertiary/aromatic N) is 3. The third-order valence-corrected chi connectivity index (χ3v) is 5.57. The number of anilines is 1. The van der Waals surface area contributed by atoms with Crippen LogP contribution in [0.3, 0.4) is 0 Å². The van der Waals surface area contributed by atoms with Crippen LogP contribution in [-0.4, -0.2) is 32.3 Å². The summed E-state index contributed by atoms with van der Waals surface area (Å²) < 4.78 is 1.94. The fourth-order valence-corrected chi connectivity index (χ4v) is 3.76. The van der Waals surface area contributed by atoms with Crippen molar-refractivity contribution in [1.29, 1.82) is 0 Å². The minimum absolute atomic E-state index is 0.0820. The molecular weight excluding hydrogens is 362 g/mol. The first-order valence-corrected chi connectivity index (χ1v) is 10.2. The van der Waals surface area contributed by atoms with Crippen LogP contribution in [0.15, 0.2) is 23.4 Å². The van der Waals surface area contributed by atoms with Crippen LogP contribution in [0.5, 0.6) is 0 Å². The van der Waals surface area contributed by atoms with Crippen LogP contribution in [-0.2, 0) is 22.6 Å². The molecule has 0 aliphatic heterocycles. The third kappa shape index (κ3) is 4.88. The van der Waals surface area contributed by atoms with Crippen molar-refractivity contribution in [3.8, 4) is 0 Å². The number of aromatic nitrogens is 3. The molecule has 1 fully saturated rings. The van der Waals surface area contributed by atoms with Crippen molar-refractivity contribution in [2.24, 2.45) is 5.73 Å². The van der Waals surface area contributed by atoms with Crippen molar-refractivity contribution >= 4 is 29.3 Å². The number of nitrogens with two attached hydrogens (primary N) is 1. The maximum atomic E-state index is 12.5. The summed E-state index contributed by atoms with van der Waals surface area (Å²) in [5.74, 6) is 1.10. The molecule has 0 spiro atoms. The monoisotopic (exact) mass is 387 g/mol. The van der Waals surface area contributed by atoms with Gasteiger partial charge in [0.1, 0.15) is 5.82 Å². The van der Waals surface area contributed by atoms with Crippen LogP contribution in [0.2, 0.25) is 0 Å². The lowest BCUT2D eigenvalue weighted by atomic mass is 10.1. The molecule has 1 aromatic heterocycles. The van der Waals surface area contributed by atoms with Gasteiger partial charge in [0.2, 0.25) is 11.8 Å². The molecule has 0 saturated heterocycles. The number of hydrogen-bond donors (Lipinski definition) is 2. The van der Waals surface area contributed by atoms with E-state index in [9.17, 15) is 9.59 Å². The van der Waals surface area contributed by atoms with Crippen LogP contribution in [0.4, 0.5) is 5.69 Å². The van der Waals surface area contributed by atoms with E-state index in [2.05, 4.69) is 22.4 Å². The van der Waals surface area contributed by atoms with E-state index in [1.165, 1.54) is 11.8 Å². The topological polar surface area (TPSA) is 103 Å². The molecular formula is C19H25N5O2S. The van der Waals surface area contributed by atoms with E-state index in [0.29, 0.717) is 17.6 Å². The second-order valence-electron chi connectivity index (χ2n) is 6.78. The van der Waals surface area contributed by atoms with Gasteiger partial charge in [0, 0.05) is 24.6 Å². The van der Waals surface area contributed by atoms with E-state index in [0.717, 1.165) is 41.9 Å². The van der Waals surface area contributed by atoms with E-state index in [-0.39, 0.29) is 24.0 Å². The van der Waals surface area contributed by atoms with Crippen molar-refractivity contribution < 1.29 is 9.59 Å². The normalized spacial score (nSPS) is 13.6. The Morgan fingerprint density at radius 1 is 1.33 bits per heavy atom. The van der Waals surface area contributed by atoms with Crippen molar-refractivity contribution in [3.63, 3.8) is 0 Å². The van der Waals surface area contributed by atoms with Gasteiger partial charge in [-0.2, -0.15) is 0 Å². The largest absolute Gasteiger partial charge is 0.370 e. The Morgan fingerprint density at radius 3 is 2.78 bits per heavy atom. The summed E-state index contributed by atoms with van der Waals surface area (Å²) >= 11 is 1.34. The fourth-order valence-electron chi connectivity index (χ4n) is 2.99. The first kappa shape index (κ1) is 19.4. The number of amides is 2. The molecule has 27 heavy (non-hydrogen) atoms. The SMILES string of the molecule is CCc1cccc(C)c1NC(=O)CSc1nnc(C2CC2)n1CCC(N)=O. The Morgan fingerprint density at radius 2 is 2.11 bits per heavy atom. The Kier molecular flexibility index (Phi) is 6.15. The summed E-state index contributed by atoms with van der Waals surface area (Å²) in [6.45, 7) is 4.51. The number of carbonyl (C=O) groups excluding carboxylic acids is 2. The van der Waals surface area contributed by atoms with Crippen LogP contribution in [0.25, 0.3) is 0 Å². The number of carbonyl (C=O) groups is 2. The lowest BCUT2D eigenvalue weighted by Gasteiger charge is -2.13. The zero-order valence-corrected chi connectivity index (χ0v) is 16.5. The molecule has 1 heterocycles. The summed E-state index contributed by atoms with van der Waals surface area (Å²) in [5.41, 5.74) is 8.34. The zero-order chi connectivity index (χ0) is 19.4. The number of benzene rings is 1. The van der Waals surface area contributed by atoms with Crippen LogP contribution < -0.4 is 11.1 Å². The maximum absolute atomic E-state index is 12.5. The molecule has 1 saturated carbocycles. The van der Waals surface area contributed by atoms with Crippen molar-refractivity contribution in [2.45, 2.75) is 57.1 Å². The second-order valence-corrected chi connectivity index (χ2v) is 7.72. The molecule has 1 aromatic carbocycles. The smallest absolute Gasteiger partial charge is 0.234 e. The fraction of sp³-hybridized carbons (Fsp3) is 0.474. The minimum Gasteiger partial charge on any atom is -0.370 e. The number of nitrogens with one attached hydrogen (secondary N) is 1. The first-order chi connectivity index (χ1) is 13.0. The third-order valence-electron chi connectivity index (χ3n) is 4.61. The minimum atomic E-state index is -0.356. The van der Waals surface area contributed by atoms with Crippen LogP contribution in [0.1, 0.15) is 49.1 Å². The van der Waals surface area contributed by atoms with Gasteiger partial charge in [-0.3, -0.25) is 9.59 Å². The summed E-state index contributed by atoms with van der Waals surface area (Å²) in [6, 6.07) is 6.02. The molecule has 144 valence electrons. The Labute approximate surface area is 163 Å². The van der Waals surface area contributed by atoms with Crippen molar-refractivity contribution in [3.05, 3.63) is 35.2 Å². The highest BCUT2D eigenvalue weighted by molar-refractivity contribution is 7.99. The molecule has 0 unspecified atom stereocenters. The standard InChI is InChI=1S/C19H25N5O2S/c1-3-13-6-4-5-12(2)17(13)21-16(26)11-27-19-23-22-18(14-7-8-14)24(19)10-9-15(20)25/h4-6,14H,3,7-11H2,1-2H3,(H2,20,25)(H,21,26). The van der Waals surface area contributed by atoms with Crippen molar-refractivity contribution in [2.75, 3.05) is 11.1 Å². The number of rotatable bonds is 9. The van der Waals surface area contributed by atoms with Gasteiger partial charge in [-0.1, -0.05) is 36.9 Å². The van der Waals surface area contributed by atoms with Gasteiger partial charge in [0.25, 0.3) is 0 Å². The van der Waals surface area contributed by atoms with Gasteiger partial charge in [0.15, 0.2) is 5.16 Å². The summed E-state index contributed by atoms with van der Waals surface area (Å²) in [7, 11) is 0. The number of para-hydroxylation sites is 1. The Hall–Kier alpha value is -2.35. The van der Waals surface area contributed by atoms with E-state index in [1.807, 2.05) is 29.7 Å². The van der Waals surface area contributed by atoms with Crippen LogP contribution in [0, 0.1) is 6.92 Å². The average Bonchev–Trinajstić information content (AvgIpc) is 3.40. The van der Waals surface area contributed by atoms with Gasteiger partial charge in [-0.25, -0.2) is 0 Å². The van der Waals surface area contributed by atoms with Gasteiger partial charge < -0.3 is 15.6 Å². The molecule has 1 aliphatic carbocycles. The summed E-state index contributed by atoms with van der Waals surface area (Å²) in [4.78, 5) is 23.6. The molecule has 3 N–H and O–H groups in total.